The maximum Gasteiger partial charge on any atom is 0.305 e. The third kappa shape index (κ3) is 7.46. The van der Waals surface area contributed by atoms with Crippen molar-refractivity contribution in [3.8, 4) is 11.4 Å². The molecule has 0 bridgehead atoms. The Morgan fingerprint density at radius 3 is 2.67 bits per heavy atom. The molecule has 49 heavy (non-hydrogen) atoms. The highest BCUT2D eigenvalue weighted by Crippen LogP contribution is 2.33. The molecule has 0 saturated carbocycles. The molecule has 4 N–H and O–H groups in total. The largest absolute Gasteiger partial charge is 0.506 e. The number of morpholine rings is 1. The standard InChI is InChI=1S/C36H39FN6O5S/c37-27-18-24(7-10-38-20-31(45)29-5-6-30(44)32-33(29)49-35(47)40-32)17-25(19-27)21-41-12-8-36(9-13-41)22-42(15-16-48-36)34(46)26-1-3-28(4-2-26)43-14-11-39-23-43/h1-6,11,14,17-19,23,31,38,44-45H,7-10,12-13,15-16,20-22H2,(H,40,47). The van der Waals surface area contributed by atoms with Gasteiger partial charge in [0, 0.05) is 61.9 Å². The molecule has 1 unspecified atom stereocenters. The van der Waals surface area contributed by atoms with E-state index in [1.165, 1.54) is 6.07 Å². The topological polar surface area (TPSA) is 136 Å². The van der Waals surface area contributed by atoms with E-state index >= 15 is 0 Å². The predicted molar refractivity (Wildman–Crippen MR) is 185 cm³/mol. The SMILES string of the molecule is O=C(c1ccc(-n2ccnc2)cc1)N1CCOC2(CCN(Cc3cc(F)cc(CCNCC(O)c4ccc(O)c5[nH]c(=O)sc45)c3)CC2)C1. The average Bonchev–Trinajstić information content (AvgIpc) is 3.78. The van der Waals surface area contributed by atoms with E-state index in [0.717, 1.165) is 54.1 Å². The summed E-state index contributed by atoms with van der Waals surface area (Å²) in [5.41, 5.74) is 3.88. The molecule has 13 heteroatoms. The number of piperidine rings is 1. The van der Waals surface area contributed by atoms with E-state index in [1.54, 1.807) is 30.7 Å². The zero-order chi connectivity index (χ0) is 34.0. The number of ether oxygens (including phenoxy) is 1. The van der Waals surface area contributed by atoms with E-state index in [2.05, 4.69) is 20.2 Å². The second-order valence-corrected chi connectivity index (χ2v) is 13.9. The quantitative estimate of drug-likeness (QED) is 0.162. The molecule has 4 heterocycles. The molecular weight excluding hydrogens is 647 g/mol. The average molecular weight is 687 g/mol. The van der Waals surface area contributed by atoms with Crippen LogP contribution in [0.15, 0.2) is 78.1 Å². The number of phenols is 1. The maximum atomic E-state index is 14.7. The number of carbonyl (C=O) groups excluding carboxylic acids is 1. The van der Waals surface area contributed by atoms with Crippen molar-refractivity contribution >= 4 is 27.5 Å². The van der Waals surface area contributed by atoms with Crippen LogP contribution < -0.4 is 10.2 Å². The lowest BCUT2D eigenvalue weighted by Crippen LogP contribution is -2.57. The first-order chi connectivity index (χ1) is 23.7. The number of phenolic OH excluding ortho intramolecular Hbond substituents is 1. The normalized spacial score (nSPS) is 17.1. The molecule has 2 aromatic heterocycles. The maximum absolute atomic E-state index is 14.7. The number of thiazole rings is 1. The number of H-pyrrole nitrogens is 1. The number of amides is 1. The smallest absolute Gasteiger partial charge is 0.305 e. The van der Waals surface area contributed by atoms with Crippen LogP contribution in [0.1, 0.15) is 46.0 Å². The van der Waals surface area contributed by atoms with Crippen LogP contribution in [-0.2, 0) is 17.7 Å². The zero-order valence-electron chi connectivity index (χ0n) is 27.0. The summed E-state index contributed by atoms with van der Waals surface area (Å²) < 4.78 is 23.4. The highest BCUT2D eigenvalue weighted by molar-refractivity contribution is 7.16. The van der Waals surface area contributed by atoms with Gasteiger partial charge in [-0.05, 0) is 79.4 Å². The van der Waals surface area contributed by atoms with Crippen LogP contribution in [0.3, 0.4) is 0 Å². The van der Waals surface area contributed by atoms with E-state index in [0.29, 0.717) is 60.6 Å². The van der Waals surface area contributed by atoms with Crippen molar-refractivity contribution in [1.82, 2.24) is 29.7 Å². The first kappa shape index (κ1) is 33.1. The third-order valence-electron chi connectivity index (χ3n) is 9.52. The number of rotatable bonds is 10. The van der Waals surface area contributed by atoms with Gasteiger partial charge in [-0.15, -0.1) is 0 Å². The molecule has 1 atom stereocenters. The fourth-order valence-corrected chi connectivity index (χ4v) is 7.82. The van der Waals surface area contributed by atoms with Crippen LogP contribution in [-0.4, -0.2) is 91.9 Å². The summed E-state index contributed by atoms with van der Waals surface area (Å²) in [6.07, 6.45) is 6.59. The van der Waals surface area contributed by atoms with Gasteiger partial charge < -0.3 is 34.7 Å². The van der Waals surface area contributed by atoms with Gasteiger partial charge in [0.15, 0.2) is 0 Å². The number of aromatic hydroxyl groups is 1. The van der Waals surface area contributed by atoms with Crippen molar-refractivity contribution in [2.24, 2.45) is 0 Å². The Morgan fingerprint density at radius 1 is 1.10 bits per heavy atom. The zero-order valence-corrected chi connectivity index (χ0v) is 27.8. The minimum atomic E-state index is -0.877. The van der Waals surface area contributed by atoms with Gasteiger partial charge in [0.2, 0.25) is 0 Å². The lowest BCUT2D eigenvalue weighted by molar-refractivity contribution is -0.127. The first-order valence-electron chi connectivity index (χ1n) is 16.5. The Morgan fingerprint density at radius 2 is 1.90 bits per heavy atom. The monoisotopic (exact) mass is 686 g/mol. The Kier molecular flexibility index (Phi) is 9.61. The first-order valence-corrected chi connectivity index (χ1v) is 17.3. The highest BCUT2D eigenvalue weighted by Gasteiger charge is 2.41. The molecule has 11 nitrogen and oxygen atoms in total. The summed E-state index contributed by atoms with van der Waals surface area (Å²) in [4.78, 5) is 35.8. The number of aromatic nitrogens is 3. The van der Waals surface area contributed by atoms with Gasteiger partial charge in [0.1, 0.15) is 17.1 Å². The molecule has 5 aromatic rings. The molecule has 1 amide bonds. The van der Waals surface area contributed by atoms with Gasteiger partial charge in [-0.2, -0.15) is 0 Å². The van der Waals surface area contributed by atoms with Crippen molar-refractivity contribution in [2.75, 3.05) is 45.9 Å². The van der Waals surface area contributed by atoms with Crippen LogP contribution in [0.4, 0.5) is 4.39 Å². The van der Waals surface area contributed by atoms with E-state index in [9.17, 15) is 24.2 Å². The molecule has 3 aromatic carbocycles. The molecule has 256 valence electrons. The third-order valence-corrected chi connectivity index (χ3v) is 10.4. The summed E-state index contributed by atoms with van der Waals surface area (Å²) in [7, 11) is 0. The minimum absolute atomic E-state index is 0.00947. The summed E-state index contributed by atoms with van der Waals surface area (Å²) in [5, 5.41) is 24.0. The summed E-state index contributed by atoms with van der Waals surface area (Å²) in [6.45, 7) is 4.58. The summed E-state index contributed by atoms with van der Waals surface area (Å²) >= 11 is 0.952. The van der Waals surface area contributed by atoms with E-state index in [-0.39, 0.29) is 34.5 Å². The van der Waals surface area contributed by atoms with Gasteiger partial charge in [-0.25, -0.2) is 9.37 Å². The fraction of sp³-hybridized carbons (Fsp3) is 0.361. The van der Waals surface area contributed by atoms with Crippen molar-refractivity contribution in [3.63, 3.8) is 0 Å². The van der Waals surface area contributed by atoms with Gasteiger partial charge >= 0.3 is 4.87 Å². The van der Waals surface area contributed by atoms with Gasteiger partial charge in [-0.1, -0.05) is 23.5 Å². The van der Waals surface area contributed by atoms with Crippen molar-refractivity contribution in [1.29, 1.82) is 0 Å². The number of halogens is 1. The molecule has 2 aliphatic rings. The van der Waals surface area contributed by atoms with Gasteiger partial charge in [-0.3, -0.25) is 14.5 Å². The number of hydrogen-bond acceptors (Lipinski definition) is 9. The number of aliphatic hydroxyl groups excluding tert-OH is 1. The van der Waals surface area contributed by atoms with Crippen LogP contribution in [0.2, 0.25) is 0 Å². The van der Waals surface area contributed by atoms with E-state index in [1.807, 2.05) is 46.0 Å². The fourth-order valence-electron chi connectivity index (χ4n) is 6.90. The Bertz CT molecular complexity index is 1970. The van der Waals surface area contributed by atoms with Crippen LogP contribution >= 0.6 is 11.3 Å². The van der Waals surface area contributed by atoms with E-state index in [4.69, 9.17) is 4.74 Å². The molecule has 2 aliphatic heterocycles. The molecule has 7 rings (SSSR count). The number of benzene rings is 3. The van der Waals surface area contributed by atoms with Crippen LogP contribution in [0.25, 0.3) is 15.9 Å². The predicted octanol–water partition coefficient (Wildman–Crippen LogP) is 3.99. The van der Waals surface area contributed by atoms with Crippen molar-refractivity contribution in [2.45, 2.75) is 37.5 Å². The number of aromatic amines is 1. The van der Waals surface area contributed by atoms with Gasteiger partial charge in [0.25, 0.3) is 5.91 Å². The summed E-state index contributed by atoms with van der Waals surface area (Å²) in [5.74, 6) is -0.304. The number of likely N-dealkylation sites (tertiary alicyclic amines) is 1. The van der Waals surface area contributed by atoms with Crippen LogP contribution in [0, 0.1) is 5.82 Å². The minimum Gasteiger partial charge on any atom is -0.506 e. The molecule has 0 radical (unpaired) electrons. The molecule has 0 aliphatic carbocycles. The van der Waals surface area contributed by atoms with Crippen LogP contribution in [0.5, 0.6) is 5.75 Å². The highest BCUT2D eigenvalue weighted by atomic mass is 32.1. The van der Waals surface area contributed by atoms with Gasteiger partial charge in [0.05, 0.1) is 35.9 Å². The second kappa shape index (κ2) is 14.2. The number of carbonyl (C=O) groups is 1. The Labute approximate surface area is 286 Å². The molecule has 2 saturated heterocycles. The molecular formula is C36H39FN6O5S. The number of hydrogen-bond donors (Lipinski definition) is 4. The number of nitrogens with one attached hydrogen (secondary N) is 2. The summed E-state index contributed by atoms with van der Waals surface area (Å²) in [6, 6.07) is 15.8. The second-order valence-electron chi connectivity index (χ2n) is 12.9. The van der Waals surface area contributed by atoms with Crippen molar-refractivity contribution in [3.05, 3.63) is 111 Å². The van der Waals surface area contributed by atoms with Crippen molar-refractivity contribution < 1.29 is 24.1 Å². The lowest BCUT2D eigenvalue weighted by Gasteiger charge is -2.47. The number of fused-ring (bicyclic) bond motifs is 1. The Balaban J connectivity index is 0.894. The number of nitrogens with zero attached hydrogens (tertiary/aromatic N) is 4. The number of aliphatic hydroxyl groups is 1. The number of imidazole rings is 1. The Hall–Kier alpha value is -4.40. The molecule has 1 spiro atoms. The van der Waals surface area contributed by atoms with E-state index < -0.39 is 6.10 Å². The molecule has 2 fully saturated rings. The lowest BCUT2D eigenvalue weighted by atomic mass is 9.88.